The molecule has 0 bridgehead atoms. The number of ether oxygens (including phenoxy) is 2. The number of hydrogen-bond acceptors (Lipinski definition) is 9. The number of hydrogen-bond donors (Lipinski definition) is 1. The molecule has 1 aromatic heterocycles. The van der Waals surface area contributed by atoms with E-state index in [4.69, 9.17) is 9.47 Å². The van der Waals surface area contributed by atoms with Crippen LogP contribution in [0.2, 0.25) is 0 Å². The van der Waals surface area contributed by atoms with Crippen molar-refractivity contribution < 1.29 is 23.8 Å². The van der Waals surface area contributed by atoms with E-state index in [0.29, 0.717) is 11.4 Å². The highest BCUT2D eigenvalue weighted by atomic mass is 16.7. The van der Waals surface area contributed by atoms with Crippen molar-refractivity contribution in [2.24, 2.45) is 5.10 Å². The fraction of sp³-hybridized carbons (Fsp3) is 0.167. The van der Waals surface area contributed by atoms with Gasteiger partial charge in [-0.05, 0) is 18.1 Å². The normalized spacial score (nSPS) is 12.6. The number of nitro benzene ring substituents is 1. The van der Waals surface area contributed by atoms with Crippen molar-refractivity contribution in [1.82, 2.24) is 15.7 Å². The molecule has 11 nitrogen and oxygen atoms in total. The van der Waals surface area contributed by atoms with E-state index in [2.05, 4.69) is 25.5 Å². The first kappa shape index (κ1) is 14.4. The summed E-state index contributed by atoms with van der Waals surface area (Å²) in [7, 11) is 0. The third-order valence-electron chi connectivity index (χ3n) is 2.96. The van der Waals surface area contributed by atoms with E-state index in [-0.39, 0.29) is 29.5 Å². The Morgan fingerprint density at radius 2 is 2.13 bits per heavy atom. The number of rotatable bonds is 4. The SMILES string of the molecule is Cc1nonc1C(=O)NN=Cc1cc2c(cc1[N+](=O)[O-])OCO2. The second-order valence-corrected chi connectivity index (χ2v) is 4.42. The van der Waals surface area contributed by atoms with Gasteiger partial charge in [-0.1, -0.05) is 5.16 Å². The van der Waals surface area contributed by atoms with Crippen molar-refractivity contribution in [2.45, 2.75) is 6.92 Å². The lowest BCUT2D eigenvalue weighted by Gasteiger charge is -2.00. The second kappa shape index (κ2) is 5.71. The van der Waals surface area contributed by atoms with Crippen LogP contribution in [0.25, 0.3) is 0 Å². The van der Waals surface area contributed by atoms with E-state index < -0.39 is 10.8 Å². The van der Waals surface area contributed by atoms with Gasteiger partial charge in [0, 0.05) is 0 Å². The van der Waals surface area contributed by atoms with Crippen LogP contribution in [0.5, 0.6) is 11.5 Å². The van der Waals surface area contributed by atoms with Crippen LogP contribution in [-0.2, 0) is 0 Å². The summed E-state index contributed by atoms with van der Waals surface area (Å²) in [6.07, 6.45) is 1.13. The number of hydrazone groups is 1. The average Bonchev–Trinajstić information content (AvgIpc) is 3.14. The van der Waals surface area contributed by atoms with E-state index in [1.165, 1.54) is 19.1 Å². The molecule has 0 atom stereocenters. The van der Waals surface area contributed by atoms with Gasteiger partial charge in [-0.15, -0.1) is 0 Å². The van der Waals surface area contributed by atoms with E-state index in [0.717, 1.165) is 6.21 Å². The molecule has 1 N–H and O–H groups in total. The number of nitrogens with one attached hydrogen (secondary N) is 1. The maximum absolute atomic E-state index is 11.8. The zero-order chi connectivity index (χ0) is 16.4. The molecule has 1 aliphatic rings. The Hall–Kier alpha value is -3.50. The molecule has 0 unspecified atom stereocenters. The van der Waals surface area contributed by atoms with Gasteiger partial charge in [-0.25, -0.2) is 10.1 Å². The highest BCUT2D eigenvalue weighted by Crippen LogP contribution is 2.37. The molecule has 11 heteroatoms. The molecule has 0 saturated carbocycles. The number of nitro groups is 1. The Balaban J connectivity index is 1.81. The Morgan fingerprint density at radius 3 is 2.78 bits per heavy atom. The Bertz CT molecular complexity index is 814. The van der Waals surface area contributed by atoms with Crippen molar-refractivity contribution in [3.63, 3.8) is 0 Å². The van der Waals surface area contributed by atoms with Gasteiger partial charge in [-0.3, -0.25) is 14.9 Å². The molecule has 2 heterocycles. The summed E-state index contributed by atoms with van der Waals surface area (Å²) in [4.78, 5) is 22.3. The van der Waals surface area contributed by atoms with Gasteiger partial charge >= 0.3 is 0 Å². The summed E-state index contributed by atoms with van der Waals surface area (Å²) in [5, 5.41) is 21.6. The molecular formula is C12H9N5O6. The molecule has 0 aliphatic carbocycles. The molecule has 0 fully saturated rings. The van der Waals surface area contributed by atoms with Crippen LogP contribution in [0, 0.1) is 17.0 Å². The minimum absolute atomic E-state index is 0.0117. The number of nitrogens with zero attached hydrogens (tertiary/aromatic N) is 4. The van der Waals surface area contributed by atoms with Gasteiger partial charge in [0.05, 0.1) is 22.8 Å². The van der Waals surface area contributed by atoms with Crippen LogP contribution in [0.15, 0.2) is 21.9 Å². The molecule has 0 spiro atoms. The monoisotopic (exact) mass is 319 g/mol. The highest BCUT2D eigenvalue weighted by Gasteiger charge is 2.22. The van der Waals surface area contributed by atoms with Crippen molar-refractivity contribution in [1.29, 1.82) is 0 Å². The smallest absolute Gasteiger partial charge is 0.295 e. The zero-order valence-electron chi connectivity index (χ0n) is 11.7. The lowest BCUT2D eigenvalue weighted by atomic mass is 10.1. The summed E-state index contributed by atoms with van der Waals surface area (Å²) < 4.78 is 14.6. The van der Waals surface area contributed by atoms with Crippen molar-refractivity contribution in [3.05, 3.63) is 39.2 Å². The van der Waals surface area contributed by atoms with E-state index in [1.807, 2.05) is 0 Å². The van der Waals surface area contributed by atoms with E-state index >= 15 is 0 Å². The van der Waals surface area contributed by atoms with Crippen LogP contribution in [-0.4, -0.2) is 34.2 Å². The van der Waals surface area contributed by atoms with Crippen LogP contribution in [0.1, 0.15) is 21.7 Å². The van der Waals surface area contributed by atoms with Crippen LogP contribution in [0.3, 0.4) is 0 Å². The quantitative estimate of drug-likeness (QED) is 0.495. The molecule has 1 amide bonds. The van der Waals surface area contributed by atoms with Gasteiger partial charge in [0.1, 0.15) is 5.69 Å². The molecule has 118 valence electrons. The van der Waals surface area contributed by atoms with Gasteiger partial charge < -0.3 is 9.47 Å². The highest BCUT2D eigenvalue weighted by molar-refractivity contribution is 5.94. The maximum Gasteiger partial charge on any atom is 0.295 e. The van der Waals surface area contributed by atoms with Gasteiger partial charge in [-0.2, -0.15) is 5.10 Å². The van der Waals surface area contributed by atoms with Crippen LogP contribution < -0.4 is 14.9 Å². The standard InChI is InChI=1S/C12H9N5O6/c1-6-11(16-23-15-6)12(18)14-13-4-7-2-9-10(22-5-21-9)3-8(7)17(19)20/h2-4H,5H2,1H3,(H,14,18). The number of amides is 1. The molecular weight excluding hydrogens is 310 g/mol. The summed E-state index contributed by atoms with van der Waals surface area (Å²) in [5.74, 6) is -0.00880. The summed E-state index contributed by atoms with van der Waals surface area (Å²) >= 11 is 0. The van der Waals surface area contributed by atoms with Crippen LogP contribution in [0.4, 0.5) is 5.69 Å². The van der Waals surface area contributed by atoms with E-state index in [1.54, 1.807) is 0 Å². The molecule has 1 aromatic carbocycles. The minimum Gasteiger partial charge on any atom is -0.454 e. The fourth-order valence-electron chi connectivity index (χ4n) is 1.86. The van der Waals surface area contributed by atoms with Gasteiger partial charge in [0.2, 0.25) is 6.79 Å². The van der Waals surface area contributed by atoms with Crippen molar-refractivity contribution in [2.75, 3.05) is 6.79 Å². The lowest BCUT2D eigenvalue weighted by Crippen LogP contribution is -2.19. The Morgan fingerprint density at radius 1 is 1.39 bits per heavy atom. The zero-order valence-corrected chi connectivity index (χ0v) is 11.7. The number of carbonyl (C=O) groups is 1. The summed E-state index contributed by atoms with van der Waals surface area (Å²) in [6.45, 7) is 1.53. The molecule has 1 aliphatic heterocycles. The topological polar surface area (TPSA) is 142 Å². The largest absolute Gasteiger partial charge is 0.454 e. The van der Waals surface area contributed by atoms with Crippen molar-refractivity contribution >= 4 is 17.8 Å². The maximum atomic E-state index is 11.8. The molecule has 23 heavy (non-hydrogen) atoms. The summed E-state index contributed by atoms with van der Waals surface area (Å²) in [5.41, 5.74) is 2.37. The predicted octanol–water partition coefficient (Wildman–Crippen LogP) is 0.779. The first-order valence-corrected chi connectivity index (χ1v) is 6.27. The molecule has 3 rings (SSSR count). The first-order chi connectivity index (χ1) is 11.1. The number of carbonyl (C=O) groups excluding carboxylic acids is 1. The Kier molecular flexibility index (Phi) is 3.58. The Labute approximate surface area is 128 Å². The fourth-order valence-corrected chi connectivity index (χ4v) is 1.86. The van der Waals surface area contributed by atoms with Gasteiger partial charge in [0.15, 0.2) is 17.2 Å². The molecule has 2 aromatic rings. The van der Waals surface area contributed by atoms with Gasteiger partial charge in [0.25, 0.3) is 11.6 Å². The number of aromatic nitrogens is 2. The van der Waals surface area contributed by atoms with Crippen LogP contribution >= 0.6 is 0 Å². The first-order valence-electron chi connectivity index (χ1n) is 6.27. The predicted molar refractivity (Wildman–Crippen MR) is 73.3 cm³/mol. The summed E-state index contributed by atoms with van der Waals surface area (Å²) in [6, 6.07) is 2.64. The molecule has 0 saturated heterocycles. The van der Waals surface area contributed by atoms with E-state index in [9.17, 15) is 14.9 Å². The number of fused-ring (bicyclic) bond motifs is 1. The molecule has 0 radical (unpaired) electrons. The third kappa shape index (κ3) is 2.79. The second-order valence-electron chi connectivity index (χ2n) is 4.42. The third-order valence-corrected chi connectivity index (χ3v) is 2.96. The average molecular weight is 319 g/mol. The number of aryl methyl sites for hydroxylation is 1. The lowest BCUT2D eigenvalue weighted by molar-refractivity contribution is -0.385. The number of benzene rings is 1. The minimum atomic E-state index is -0.650. The van der Waals surface area contributed by atoms with Crippen molar-refractivity contribution in [3.8, 4) is 11.5 Å².